The second-order valence-corrected chi connectivity index (χ2v) is 9.63. The number of esters is 1. The summed E-state index contributed by atoms with van der Waals surface area (Å²) in [7, 11) is -2.36. The zero-order valence-electron chi connectivity index (χ0n) is 17.8. The lowest BCUT2D eigenvalue weighted by atomic mass is 9.98. The first kappa shape index (κ1) is 24.0. The van der Waals surface area contributed by atoms with Gasteiger partial charge in [0, 0.05) is 18.8 Å². The van der Waals surface area contributed by atoms with Gasteiger partial charge in [-0.05, 0) is 62.2 Å². The standard InChI is InChI=1S/C22H25ClN2O6S/c1-3-31-22(27)15-6-8-17(9-7-15)24-21(26)16-5-4-12-25(14-16)32(28,29)18-10-11-20(30-2)19(23)13-18/h6-11,13,16H,3-5,12,14H2,1-2H3,(H,24,26). The van der Waals surface area contributed by atoms with Gasteiger partial charge in [-0.15, -0.1) is 0 Å². The molecule has 1 saturated heterocycles. The minimum Gasteiger partial charge on any atom is -0.495 e. The van der Waals surface area contributed by atoms with Gasteiger partial charge in [-0.1, -0.05) is 11.6 Å². The molecule has 1 atom stereocenters. The number of benzene rings is 2. The topological polar surface area (TPSA) is 102 Å². The summed E-state index contributed by atoms with van der Waals surface area (Å²) in [5.74, 6) is -0.828. The van der Waals surface area contributed by atoms with Crippen LogP contribution in [0.3, 0.4) is 0 Å². The van der Waals surface area contributed by atoms with Crippen LogP contribution < -0.4 is 10.1 Å². The second kappa shape index (κ2) is 10.3. The molecule has 1 unspecified atom stereocenters. The third kappa shape index (κ3) is 5.40. The zero-order chi connectivity index (χ0) is 23.3. The van der Waals surface area contributed by atoms with E-state index in [0.717, 1.165) is 0 Å². The van der Waals surface area contributed by atoms with Crippen LogP contribution in [0.2, 0.25) is 5.02 Å². The van der Waals surface area contributed by atoms with Crippen molar-refractivity contribution in [2.24, 2.45) is 5.92 Å². The van der Waals surface area contributed by atoms with E-state index < -0.39 is 21.9 Å². The molecular weight excluding hydrogens is 456 g/mol. The summed E-state index contributed by atoms with van der Waals surface area (Å²) in [6.45, 7) is 2.40. The van der Waals surface area contributed by atoms with Gasteiger partial charge in [0.2, 0.25) is 15.9 Å². The van der Waals surface area contributed by atoms with Crippen LogP contribution in [-0.4, -0.2) is 51.4 Å². The van der Waals surface area contributed by atoms with E-state index in [-0.39, 0.29) is 29.0 Å². The molecular formula is C22H25ClN2O6S. The number of nitrogens with one attached hydrogen (secondary N) is 1. The van der Waals surface area contributed by atoms with E-state index in [4.69, 9.17) is 21.1 Å². The summed E-state index contributed by atoms with van der Waals surface area (Å²) in [5.41, 5.74) is 0.905. The lowest BCUT2D eigenvalue weighted by Gasteiger charge is -2.31. The Labute approximate surface area is 192 Å². The van der Waals surface area contributed by atoms with E-state index in [2.05, 4.69) is 5.32 Å². The van der Waals surface area contributed by atoms with Crippen LogP contribution in [0.5, 0.6) is 5.75 Å². The predicted octanol–water partition coefficient (Wildman–Crippen LogP) is 3.56. The van der Waals surface area contributed by atoms with Crippen LogP contribution in [0.1, 0.15) is 30.1 Å². The zero-order valence-corrected chi connectivity index (χ0v) is 19.4. The lowest BCUT2D eigenvalue weighted by Crippen LogP contribution is -2.43. The molecule has 1 aliphatic heterocycles. The highest BCUT2D eigenvalue weighted by atomic mass is 35.5. The van der Waals surface area contributed by atoms with E-state index in [1.807, 2.05) is 0 Å². The smallest absolute Gasteiger partial charge is 0.338 e. The molecule has 10 heteroatoms. The molecule has 8 nitrogen and oxygen atoms in total. The summed E-state index contributed by atoms with van der Waals surface area (Å²) in [6.07, 6.45) is 1.13. The van der Waals surface area contributed by atoms with E-state index in [1.54, 1.807) is 31.2 Å². The number of anilines is 1. The fourth-order valence-corrected chi connectivity index (χ4v) is 5.35. The highest BCUT2D eigenvalue weighted by Gasteiger charge is 2.33. The molecule has 1 aliphatic rings. The number of amides is 1. The first-order valence-corrected chi connectivity index (χ1v) is 12.0. The predicted molar refractivity (Wildman–Crippen MR) is 121 cm³/mol. The van der Waals surface area contributed by atoms with Crippen LogP contribution in [0, 0.1) is 5.92 Å². The number of ether oxygens (including phenoxy) is 2. The molecule has 1 N–H and O–H groups in total. The fraction of sp³-hybridized carbons (Fsp3) is 0.364. The van der Waals surface area contributed by atoms with Gasteiger partial charge in [0.1, 0.15) is 5.75 Å². The van der Waals surface area contributed by atoms with Gasteiger partial charge in [0.05, 0.1) is 35.1 Å². The Morgan fingerprint density at radius 1 is 1.19 bits per heavy atom. The molecule has 2 aromatic rings. The molecule has 1 heterocycles. The minimum atomic E-state index is -3.81. The summed E-state index contributed by atoms with van der Waals surface area (Å²) in [4.78, 5) is 24.6. The van der Waals surface area contributed by atoms with E-state index in [1.165, 1.54) is 29.6 Å². The van der Waals surface area contributed by atoms with Crippen molar-refractivity contribution in [1.82, 2.24) is 4.31 Å². The maximum Gasteiger partial charge on any atom is 0.338 e. The Bertz CT molecular complexity index is 1090. The van der Waals surface area contributed by atoms with Crippen molar-refractivity contribution in [3.63, 3.8) is 0 Å². The number of nitrogens with zero attached hydrogens (tertiary/aromatic N) is 1. The number of hydrogen-bond donors (Lipinski definition) is 1. The second-order valence-electron chi connectivity index (χ2n) is 7.29. The Kier molecular flexibility index (Phi) is 7.76. The average molecular weight is 481 g/mol. The number of piperidine rings is 1. The molecule has 0 radical (unpaired) electrons. The minimum absolute atomic E-state index is 0.0545. The number of rotatable bonds is 7. The van der Waals surface area contributed by atoms with Crippen LogP contribution in [0.4, 0.5) is 5.69 Å². The number of carbonyl (C=O) groups is 2. The summed E-state index contributed by atoms with van der Waals surface area (Å²) >= 11 is 6.09. The fourth-order valence-electron chi connectivity index (χ4n) is 3.48. The molecule has 0 saturated carbocycles. The molecule has 2 aromatic carbocycles. The van der Waals surface area contributed by atoms with E-state index in [0.29, 0.717) is 36.4 Å². The maximum atomic E-state index is 13.1. The maximum absolute atomic E-state index is 13.1. The van der Waals surface area contributed by atoms with Crippen LogP contribution in [0.25, 0.3) is 0 Å². The summed E-state index contributed by atoms with van der Waals surface area (Å²) < 4.78 is 37.5. The highest BCUT2D eigenvalue weighted by molar-refractivity contribution is 7.89. The van der Waals surface area contributed by atoms with Crippen molar-refractivity contribution >= 4 is 39.2 Å². The normalized spacial score (nSPS) is 16.9. The molecule has 32 heavy (non-hydrogen) atoms. The van der Waals surface area contributed by atoms with Gasteiger partial charge in [-0.25, -0.2) is 13.2 Å². The van der Waals surface area contributed by atoms with Gasteiger partial charge in [0.25, 0.3) is 0 Å². The van der Waals surface area contributed by atoms with Crippen molar-refractivity contribution < 1.29 is 27.5 Å². The van der Waals surface area contributed by atoms with Gasteiger partial charge in [-0.2, -0.15) is 4.31 Å². The number of methoxy groups -OCH3 is 1. The quantitative estimate of drug-likeness (QED) is 0.608. The Hall–Kier alpha value is -2.62. The first-order valence-electron chi connectivity index (χ1n) is 10.2. The van der Waals surface area contributed by atoms with Gasteiger partial charge in [0.15, 0.2) is 0 Å². The lowest BCUT2D eigenvalue weighted by molar-refractivity contribution is -0.120. The Morgan fingerprint density at radius 2 is 1.91 bits per heavy atom. The molecule has 0 aromatic heterocycles. The van der Waals surface area contributed by atoms with Crippen LogP contribution in [0.15, 0.2) is 47.4 Å². The number of carbonyl (C=O) groups excluding carboxylic acids is 2. The summed E-state index contributed by atoms with van der Waals surface area (Å²) in [6, 6.07) is 10.7. The van der Waals surface area contributed by atoms with Crippen LogP contribution in [-0.2, 0) is 19.6 Å². The number of halogens is 1. The van der Waals surface area contributed by atoms with Gasteiger partial charge in [-0.3, -0.25) is 4.79 Å². The molecule has 1 fully saturated rings. The number of sulfonamides is 1. The van der Waals surface area contributed by atoms with Crippen molar-refractivity contribution in [3.8, 4) is 5.75 Å². The summed E-state index contributed by atoms with van der Waals surface area (Å²) in [5, 5.41) is 3.00. The Balaban J connectivity index is 1.68. The first-order chi connectivity index (χ1) is 15.3. The van der Waals surface area contributed by atoms with Crippen LogP contribution >= 0.6 is 11.6 Å². The van der Waals surface area contributed by atoms with Crippen molar-refractivity contribution in [3.05, 3.63) is 53.1 Å². The third-order valence-corrected chi connectivity index (χ3v) is 7.34. The average Bonchev–Trinajstić information content (AvgIpc) is 2.79. The monoisotopic (exact) mass is 480 g/mol. The molecule has 3 rings (SSSR count). The molecule has 0 aliphatic carbocycles. The highest BCUT2D eigenvalue weighted by Crippen LogP contribution is 2.30. The third-order valence-electron chi connectivity index (χ3n) is 5.18. The van der Waals surface area contributed by atoms with Gasteiger partial charge < -0.3 is 14.8 Å². The molecule has 0 bridgehead atoms. The Morgan fingerprint density at radius 3 is 2.53 bits per heavy atom. The number of hydrogen-bond acceptors (Lipinski definition) is 6. The van der Waals surface area contributed by atoms with Crippen molar-refractivity contribution in [2.45, 2.75) is 24.7 Å². The van der Waals surface area contributed by atoms with E-state index >= 15 is 0 Å². The molecule has 0 spiro atoms. The SMILES string of the molecule is CCOC(=O)c1ccc(NC(=O)C2CCCN(S(=O)(=O)c3ccc(OC)c(Cl)c3)C2)cc1. The van der Waals surface area contributed by atoms with Crippen molar-refractivity contribution in [1.29, 1.82) is 0 Å². The van der Waals surface area contributed by atoms with Gasteiger partial charge >= 0.3 is 5.97 Å². The largest absolute Gasteiger partial charge is 0.495 e. The van der Waals surface area contributed by atoms with E-state index in [9.17, 15) is 18.0 Å². The molecule has 1 amide bonds. The van der Waals surface area contributed by atoms with Crippen molar-refractivity contribution in [2.75, 3.05) is 32.1 Å². The molecule has 172 valence electrons.